The third-order valence-corrected chi connectivity index (χ3v) is 8.36. The number of carbonyl (C=O) groups is 2. The van der Waals surface area contributed by atoms with Crippen molar-refractivity contribution in [2.75, 3.05) is 23.8 Å². The number of alkyl halides is 2. The lowest BCUT2D eigenvalue weighted by Gasteiger charge is -2.24. The molecule has 1 amide bonds. The Morgan fingerprint density at radius 3 is 2.56 bits per heavy atom. The number of aromatic amines is 1. The largest absolute Gasteiger partial charge is 0.485 e. The molecule has 1 saturated heterocycles. The molecule has 13 heteroatoms. The molecular weight excluding hydrogens is 651 g/mol. The van der Waals surface area contributed by atoms with Crippen molar-refractivity contribution in [2.24, 2.45) is 0 Å². The van der Waals surface area contributed by atoms with Crippen LogP contribution < -0.4 is 20.1 Å². The van der Waals surface area contributed by atoms with Crippen LogP contribution in [0, 0.1) is 12.7 Å². The Bertz CT molecular complexity index is 2220. The van der Waals surface area contributed by atoms with Crippen LogP contribution >= 0.6 is 0 Å². The highest BCUT2D eigenvalue weighted by Gasteiger charge is 2.36. The molecule has 2 aromatic heterocycles. The van der Waals surface area contributed by atoms with Crippen molar-refractivity contribution >= 4 is 34.3 Å². The number of hydrogen-bond acceptors (Lipinski definition) is 7. The number of fused-ring (bicyclic) bond motifs is 1. The molecule has 4 aromatic carbocycles. The quantitative estimate of drug-likeness (QED) is 0.135. The average molecular weight is 682 g/mol. The van der Waals surface area contributed by atoms with Crippen LogP contribution in [-0.2, 0) is 11.2 Å². The molecule has 0 unspecified atom stereocenters. The number of nitrogens with one attached hydrogen (secondary N) is 1. The molecule has 3 heterocycles. The summed E-state index contributed by atoms with van der Waals surface area (Å²) in [6.45, 7) is 1.00. The van der Waals surface area contributed by atoms with Crippen molar-refractivity contribution in [3.8, 4) is 22.9 Å². The summed E-state index contributed by atoms with van der Waals surface area (Å²) in [5, 5.41) is 4.84. The monoisotopic (exact) mass is 681 g/mol. The Morgan fingerprint density at radius 1 is 1.02 bits per heavy atom. The zero-order valence-corrected chi connectivity index (χ0v) is 26.6. The maximum atomic E-state index is 14.1. The lowest BCUT2D eigenvalue weighted by molar-refractivity contribution is 0.0822. The van der Waals surface area contributed by atoms with Gasteiger partial charge in [0.25, 0.3) is 6.43 Å². The first-order chi connectivity index (χ1) is 24.2. The van der Waals surface area contributed by atoms with Gasteiger partial charge in [-0.3, -0.25) is 9.69 Å². The number of halogens is 3. The number of amides is 1. The van der Waals surface area contributed by atoms with Gasteiger partial charge in [0, 0.05) is 10.9 Å². The number of rotatable bonds is 11. The lowest BCUT2D eigenvalue weighted by Crippen LogP contribution is -2.35. The van der Waals surface area contributed by atoms with Crippen molar-refractivity contribution in [3.63, 3.8) is 0 Å². The minimum atomic E-state index is -2.76. The number of nitrogens with zero attached hydrogens (tertiary/aromatic N) is 3. The van der Waals surface area contributed by atoms with Crippen molar-refractivity contribution in [3.05, 3.63) is 125 Å². The number of hydrogen-bond donors (Lipinski definition) is 2. The van der Waals surface area contributed by atoms with E-state index in [0.717, 1.165) is 5.56 Å². The predicted octanol–water partition coefficient (Wildman–Crippen LogP) is 7.62. The zero-order chi connectivity index (χ0) is 34.9. The van der Waals surface area contributed by atoms with E-state index in [9.17, 15) is 22.8 Å². The van der Waals surface area contributed by atoms with Gasteiger partial charge in [-0.05, 0) is 73.0 Å². The van der Waals surface area contributed by atoms with E-state index in [1.807, 2.05) is 30.3 Å². The van der Waals surface area contributed by atoms with Crippen molar-refractivity contribution < 1.29 is 37.0 Å². The molecule has 1 fully saturated rings. The molecule has 10 nitrogen and oxygen atoms in total. The van der Waals surface area contributed by atoms with Gasteiger partial charge in [0.05, 0.1) is 34.9 Å². The van der Waals surface area contributed by atoms with Gasteiger partial charge in [0.1, 0.15) is 30.5 Å². The van der Waals surface area contributed by atoms with Crippen LogP contribution in [0.25, 0.3) is 16.6 Å². The minimum Gasteiger partial charge on any atom is -0.485 e. The number of H-pyrrole nitrogens is 1. The third-order valence-electron chi connectivity index (χ3n) is 8.36. The van der Waals surface area contributed by atoms with E-state index in [1.165, 1.54) is 34.0 Å². The number of aromatic nitrogens is 3. The second kappa shape index (κ2) is 13.3. The summed E-state index contributed by atoms with van der Waals surface area (Å²) in [7, 11) is 0. The lowest BCUT2D eigenvalue weighted by atomic mass is 10.0. The first-order valence-electron chi connectivity index (χ1n) is 15.7. The molecule has 0 bridgehead atoms. The van der Waals surface area contributed by atoms with Gasteiger partial charge in [-0.25, -0.2) is 22.6 Å². The van der Waals surface area contributed by atoms with Crippen LogP contribution in [0.3, 0.4) is 0 Å². The van der Waals surface area contributed by atoms with E-state index < -0.39 is 36.8 Å². The molecule has 0 saturated carbocycles. The standard InChI is InChI=1S/C37H30F3N5O5/c1-21-13-25(50-32-10-6-5-9-27(32)38)11-12-30(21)45-36(41)26(18-42-45)35(46)29-15-23-16-33(48-20-34(39)40)31(17-28(23)43-29)44-24(19-49-37(44)47)14-22-7-3-2-4-8-22/h2-13,15-18,24,34,43H,14,19-20,41H2,1H3/t24-/m0/s1. The summed E-state index contributed by atoms with van der Waals surface area (Å²) in [5.74, 6) is -0.369. The van der Waals surface area contributed by atoms with E-state index in [-0.39, 0.29) is 40.9 Å². The Hall–Kier alpha value is -6.24. The van der Waals surface area contributed by atoms with Crippen LogP contribution in [0.5, 0.6) is 17.2 Å². The fourth-order valence-electron chi connectivity index (χ4n) is 5.97. The van der Waals surface area contributed by atoms with Crippen LogP contribution in [0.15, 0.2) is 97.2 Å². The molecule has 50 heavy (non-hydrogen) atoms. The van der Waals surface area contributed by atoms with Gasteiger partial charge in [-0.15, -0.1) is 0 Å². The maximum Gasteiger partial charge on any atom is 0.414 e. The topological polar surface area (TPSA) is 125 Å². The highest BCUT2D eigenvalue weighted by molar-refractivity contribution is 6.13. The number of ether oxygens (including phenoxy) is 3. The van der Waals surface area contributed by atoms with E-state index in [0.29, 0.717) is 34.3 Å². The fraction of sp³-hybridized carbons (Fsp3) is 0.162. The SMILES string of the molecule is Cc1cc(Oc2ccccc2F)ccc1-n1ncc(C(=O)c2cc3cc(OCC(F)F)c(N4C(=O)OC[C@@H]4Cc4ccccc4)cc3[nH]2)c1N. The van der Waals surface area contributed by atoms with E-state index in [4.69, 9.17) is 19.9 Å². The van der Waals surface area contributed by atoms with Crippen molar-refractivity contribution in [2.45, 2.75) is 25.8 Å². The molecular formula is C37H30F3N5O5. The number of aryl methyl sites for hydroxylation is 1. The number of anilines is 2. The minimum absolute atomic E-state index is 0.0398. The van der Waals surface area contributed by atoms with Gasteiger partial charge in [0.2, 0.25) is 5.78 Å². The Balaban J connectivity index is 1.18. The first-order valence-corrected chi connectivity index (χ1v) is 15.7. The fourth-order valence-corrected chi connectivity index (χ4v) is 5.97. The van der Waals surface area contributed by atoms with Crippen LogP contribution in [-0.4, -0.2) is 52.3 Å². The van der Waals surface area contributed by atoms with E-state index in [1.54, 1.807) is 49.4 Å². The Labute approximate surface area is 283 Å². The normalized spacial score (nSPS) is 14.4. The number of carbonyl (C=O) groups excluding carboxylic acids is 2. The summed E-state index contributed by atoms with van der Waals surface area (Å²) < 4.78 is 58.6. The summed E-state index contributed by atoms with van der Waals surface area (Å²) in [6, 6.07) is 24.8. The molecule has 3 N–H and O–H groups in total. The number of nitrogen functional groups attached to an aromatic ring is 1. The number of benzene rings is 4. The predicted molar refractivity (Wildman–Crippen MR) is 180 cm³/mol. The van der Waals surface area contributed by atoms with Crippen molar-refractivity contribution in [1.29, 1.82) is 0 Å². The second-order valence-electron chi connectivity index (χ2n) is 11.7. The van der Waals surface area contributed by atoms with Crippen LogP contribution in [0.2, 0.25) is 0 Å². The molecule has 1 aliphatic rings. The second-order valence-corrected chi connectivity index (χ2v) is 11.7. The summed E-state index contributed by atoms with van der Waals surface area (Å²) >= 11 is 0. The van der Waals surface area contributed by atoms with Gasteiger partial charge in [-0.2, -0.15) is 5.10 Å². The summed E-state index contributed by atoms with van der Waals surface area (Å²) in [4.78, 5) is 31.2. The number of cyclic esters (lactones) is 1. The molecule has 6 aromatic rings. The molecule has 1 atom stereocenters. The van der Waals surface area contributed by atoms with E-state index in [2.05, 4.69) is 10.1 Å². The van der Waals surface area contributed by atoms with Gasteiger partial charge < -0.3 is 24.9 Å². The van der Waals surface area contributed by atoms with Crippen molar-refractivity contribution in [1.82, 2.24) is 14.8 Å². The first kappa shape index (κ1) is 32.3. The highest BCUT2D eigenvalue weighted by Crippen LogP contribution is 2.38. The summed E-state index contributed by atoms with van der Waals surface area (Å²) in [5.41, 5.74) is 9.64. The Morgan fingerprint density at radius 2 is 1.80 bits per heavy atom. The highest BCUT2D eigenvalue weighted by atomic mass is 19.3. The Kier molecular flexibility index (Phi) is 8.62. The van der Waals surface area contributed by atoms with Gasteiger partial charge in [-0.1, -0.05) is 42.5 Å². The zero-order valence-electron chi connectivity index (χ0n) is 26.6. The van der Waals surface area contributed by atoms with Gasteiger partial charge >= 0.3 is 6.09 Å². The molecule has 0 aliphatic carbocycles. The summed E-state index contributed by atoms with van der Waals surface area (Å²) in [6.07, 6.45) is -1.59. The third kappa shape index (κ3) is 6.32. The van der Waals surface area contributed by atoms with Gasteiger partial charge in [0.15, 0.2) is 11.6 Å². The number of ketones is 1. The number of para-hydroxylation sites is 1. The maximum absolute atomic E-state index is 14.1. The smallest absolute Gasteiger partial charge is 0.414 e. The molecule has 254 valence electrons. The van der Waals surface area contributed by atoms with Crippen LogP contribution in [0.1, 0.15) is 27.2 Å². The molecule has 0 spiro atoms. The molecule has 7 rings (SSSR count). The molecule has 1 aliphatic heterocycles. The van der Waals surface area contributed by atoms with Crippen LogP contribution in [0.4, 0.5) is 29.5 Å². The number of nitrogens with two attached hydrogens (primary N) is 1. The molecule has 0 radical (unpaired) electrons. The van der Waals surface area contributed by atoms with E-state index >= 15 is 0 Å². The average Bonchev–Trinajstić information content (AvgIpc) is 3.80.